The molecule has 1 aliphatic heterocycles. The van der Waals surface area contributed by atoms with Crippen LogP contribution in [-0.4, -0.2) is 52.4 Å². The summed E-state index contributed by atoms with van der Waals surface area (Å²) in [4.78, 5) is 23.0. The van der Waals surface area contributed by atoms with Crippen LogP contribution in [0.3, 0.4) is 0 Å². The van der Waals surface area contributed by atoms with E-state index in [9.17, 15) is 10.1 Å². The van der Waals surface area contributed by atoms with Crippen molar-refractivity contribution in [3.63, 3.8) is 0 Å². The van der Waals surface area contributed by atoms with Gasteiger partial charge in [-0.3, -0.25) is 0 Å². The molecule has 1 saturated heterocycles. The Morgan fingerprint density at radius 3 is 2.79 bits per heavy atom. The van der Waals surface area contributed by atoms with Crippen LogP contribution in [0.1, 0.15) is 5.82 Å². The highest BCUT2D eigenvalue weighted by molar-refractivity contribution is 5.61. The van der Waals surface area contributed by atoms with Crippen molar-refractivity contribution in [1.29, 1.82) is 0 Å². The Hall–Kier alpha value is -2.94. The number of ether oxygens (including phenoxy) is 2. The van der Waals surface area contributed by atoms with Gasteiger partial charge in [0, 0.05) is 13.1 Å². The first-order valence-electron chi connectivity index (χ1n) is 7.48. The largest absolute Gasteiger partial charge is 0.483 e. The summed E-state index contributed by atoms with van der Waals surface area (Å²) in [6.45, 7) is 3.28. The molecular weight excluding hydrogens is 314 g/mol. The zero-order valence-electron chi connectivity index (χ0n) is 12.9. The number of H-pyrrole nitrogens is 1. The van der Waals surface area contributed by atoms with E-state index in [0.29, 0.717) is 11.6 Å². The minimum Gasteiger partial charge on any atom is -0.483 e. The monoisotopic (exact) mass is 331 g/mol. The Bertz CT molecular complexity index is 707. The van der Waals surface area contributed by atoms with Crippen molar-refractivity contribution >= 4 is 17.8 Å². The molecule has 3 rings (SSSR count). The summed E-state index contributed by atoms with van der Waals surface area (Å²) >= 11 is 0. The predicted molar refractivity (Wildman–Crippen MR) is 86.6 cm³/mol. The normalized spacial score (nSPS) is 14.9. The van der Waals surface area contributed by atoms with Crippen molar-refractivity contribution in [2.75, 3.05) is 26.3 Å². The van der Waals surface area contributed by atoms with Gasteiger partial charge in [-0.15, -0.1) is 0 Å². The third kappa shape index (κ3) is 4.29. The van der Waals surface area contributed by atoms with Gasteiger partial charge in [0.1, 0.15) is 11.9 Å². The number of imidazole rings is 1. The minimum atomic E-state index is -0.530. The number of nitrogens with zero attached hydrogens (tertiary/aromatic N) is 4. The van der Waals surface area contributed by atoms with Crippen molar-refractivity contribution in [2.24, 2.45) is 4.99 Å². The van der Waals surface area contributed by atoms with Gasteiger partial charge in [-0.25, -0.2) is 15.0 Å². The van der Waals surface area contributed by atoms with Crippen LogP contribution in [-0.2, 0) is 11.3 Å². The average molecular weight is 331 g/mol. The molecule has 9 nitrogen and oxygen atoms in total. The molecule has 0 unspecified atom stereocenters. The molecule has 1 aliphatic rings. The van der Waals surface area contributed by atoms with E-state index < -0.39 is 4.92 Å². The van der Waals surface area contributed by atoms with E-state index in [4.69, 9.17) is 9.47 Å². The lowest BCUT2D eigenvalue weighted by molar-refractivity contribution is -0.389. The van der Waals surface area contributed by atoms with Gasteiger partial charge in [0.25, 0.3) is 0 Å². The van der Waals surface area contributed by atoms with Crippen molar-refractivity contribution < 1.29 is 14.4 Å². The van der Waals surface area contributed by atoms with Crippen LogP contribution in [0, 0.1) is 10.1 Å². The summed E-state index contributed by atoms with van der Waals surface area (Å²) in [5.74, 6) is 0.886. The van der Waals surface area contributed by atoms with Crippen LogP contribution in [0.25, 0.3) is 0 Å². The molecule has 0 amide bonds. The van der Waals surface area contributed by atoms with Gasteiger partial charge >= 0.3 is 5.82 Å². The van der Waals surface area contributed by atoms with Gasteiger partial charge < -0.3 is 24.5 Å². The quantitative estimate of drug-likeness (QED) is 0.375. The fourth-order valence-corrected chi connectivity index (χ4v) is 2.14. The Morgan fingerprint density at radius 1 is 1.38 bits per heavy atom. The number of morpholine rings is 1. The molecule has 2 heterocycles. The van der Waals surface area contributed by atoms with Gasteiger partial charge in [-0.1, -0.05) is 0 Å². The molecule has 1 fully saturated rings. The highest BCUT2D eigenvalue weighted by Crippen LogP contribution is 2.19. The van der Waals surface area contributed by atoms with Crippen LogP contribution in [0.15, 0.2) is 35.5 Å². The molecule has 9 heteroatoms. The van der Waals surface area contributed by atoms with E-state index >= 15 is 0 Å². The topological polar surface area (TPSA) is 106 Å². The molecule has 0 saturated carbocycles. The number of aromatic nitrogens is 2. The maximum atomic E-state index is 10.6. The molecule has 1 aromatic carbocycles. The van der Waals surface area contributed by atoms with Crippen molar-refractivity contribution in [2.45, 2.75) is 6.61 Å². The van der Waals surface area contributed by atoms with E-state index in [0.717, 1.165) is 32.0 Å². The zero-order chi connectivity index (χ0) is 16.8. The highest BCUT2D eigenvalue weighted by Gasteiger charge is 2.10. The summed E-state index contributed by atoms with van der Waals surface area (Å²) in [5.41, 5.74) is 0.822. The summed E-state index contributed by atoms with van der Waals surface area (Å²) in [6.07, 6.45) is 2.99. The fourth-order valence-electron chi connectivity index (χ4n) is 2.14. The van der Waals surface area contributed by atoms with E-state index in [1.807, 2.05) is 18.5 Å². The van der Waals surface area contributed by atoms with Crippen LogP contribution in [0.2, 0.25) is 0 Å². The Balaban J connectivity index is 1.52. The van der Waals surface area contributed by atoms with Gasteiger partial charge in [0.05, 0.1) is 25.2 Å². The van der Waals surface area contributed by atoms with Crippen molar-refractivity contribution in [3.05, 3.63) is 46.4 Å². The predicted octanol–water partition coefficient (Wildman–Crippen LogP) is 1.89. The summed E-state index contributed by atoms with van der Waals surface area (Å²) in [7, 11) is 0. The third-order valence-electron chi connectivity index (χ3n) is 3.44. The maximum Gasteiger partial charge on any atom is 0.340 e. The molecule has 0 bridgehead atoms. The van der Waals surface area contributed by atoms with E-state index in [1.165, 1.54) is 6.20 Å². The average Bonchev–Trinajstić information content (AvgIpc) is 3.09. The second kappa shape index (κ2) is 7.55. The first-order valence-corrected chi connectivity index (χ1v) is 7.48. The van der Waals surface area contributed by atoms with Crippen LogP contribution in [0.5, 0.6) is 5.75 Å². The molecule has 0 spiro atoms. The number of rotatable bonds is 6. The Kier molecular flexibility index (Phi) is 5.02. The SMILES string of the molecule is O=[N+]([O-])c1cnc(COc2ccc(/N=C/N3CCOCC3)cc2)[nH]1. The van der Waals surface area contributed by atoms with Gasteiger partial charge in [-0.2, -0.15) is 0 Å². The molecule has 24 heavy (non-hydrogen) atoms. The second-order valence-corrected chi connectivity index (χ2v) is 5.15. The smallest absolute Gasteiger partial charge is 0.340 e. The first kappa shape index (κ1) is 15.9. The number of hydrogen-bond acceptors (Lipinski definition) is 6. The van der Waals surface area contributed by atoms with Crippen LogP contribution in [0.4, 0.5) is 11.5 Å². The van der Waals surface area contributed by atoms with E-state index in [-0.39, 0.29) is 12.4 Å². The van der Waals surface area contributed by atoms with Gasteiger partial charge in [0.15, 0.2) is 6.61 Å². The van der Waals surface area contributed by atoms with Crippen molar-refractivity contribution in [3.8, 4) is 5.75 Å². The molecule has 0 radical (unpaired) electrons. The summed E-state index contributed by atoms with van der Waals surface area (Å²) < 4.78 is 10.8. The molecule has 1 aromatic heterocycles. The highest BCUT2D eigenvalue weighted by atomic mass is 16.6. The minimum absolute atomic E-state index is 0.129. The molecule has 2 aromatic rings. The maximum absolute atomic E-state index is 10.6. The van der Waals surface area contributed by atoms with E-state index in [2.05, 4.69) is 19.9 Å². The van der Waals surface area contributed by atoms with Crippen LogP contribution >= 0.6 is 0 Å². The Morgan fingerprint density at radius 2 is 2.12 bits per heavy atom. The van der Waals surface area contributed by atoms with E-state index in [1.54, 1.807) is 12.1 Å². The zero-order valence-corrected chi connectivity index (χ0v) is 12.9. The van der Waals surface area contributed by atoms with Gasteiger partial charge in [-0.05, 0) is 29.2 Å². The lowest BCUT2D eigenvalue weighted by Gasteiger charge is -2.24. The molecule has 0 aliphatic carbocycles. The molecular formula is C15H17N5O4. The number of nitrogens with one attached hydrogen (secondary N) is 1. The number of nitro groups is 1. The number of aromatic amines is 1. The Labute approximate surface area is 138 Å². The van der Waals surface area contributed by atoms with Crippen LogP contribution < -0.4 is 4.74 Å². The number of aliphatic imine (C=N–C) groups is 1. The number of hydrogen-bond donors (Lipinski definition) is 1. The molecule has 0 atom stereocenters. The van der Waals surface area contributed by atoms with Crippen molar-refractivity contribution in [1.82, 2.24) is 14.9 Å². The lowest BCUT2D eigenvalue weighted by Crippen LogP contribution is -2.34. The standard InChI is InChI=1S/C15H17N5O4/c21-20(22)15-9-16-14(18-15)10-24-13-3-1-12(2-4-13)17-11-19-5-7-23-8-6-19/h1-4,9,11H,5-8,10H2,(H,16,18)/b17-11+. The summed E-state index contributed by atoms with van der Waals surface area (Å²) in [6, 6.07) is 7.28. The molecule has 1 N–H and O–H groups in total. The lowest BCUT2D eigenvalue weighted by atomic mass is 10.3. The third-order valence-corrected chi connectivity index (χ3v) is 3.44. The number of benzene rings is 1. The second-order valence-electron chi connectivity index (χ2n) is 5.15. The fraction of sp³-hybridized carbons (Fsp3) is 0.333. The molecule has 126 valence electrons. The van der Waals surface area contributed by atoms with Gasteiger partial charge in [0.2, 0.25) is 5.82 Å². The first-order chi connectivity index (χ1) is 11.7. The summed E-state index contributed by atoms with van der Waals surface area (Å²) in [5, 5.41) is 10.6.